The molecule has 1 saturated carbocycles. The van der Waals surface area contributed by atoms with E-state index in [1.165, 1.54) is 0 Å². The molecule has 2 rings (SSSR count). The van der Waals surface area contributed by atoms with Crippen LogP contribution in [-0.2, 0) is 0 Å². The maximum atomic E-state index is 12.3. The lowest BCUT2D eigenvalue weighted by Crippen LogP contribution is -2.17. The van der Waals surface area contributed by atoms with Crippen LogP contribution in [0.25, 0.3) is 0 Å². The molecule has 2 unspecified atom stereocenters. The number of anilines is 1. The monoisotopic (exact) mass is 237 g/mol. The van der Waals surface area contributed by atoms with Crippen LogP contribution < -0.4 is 5.73 Å². The average molecular weight is 238 g/mol. The van der Waals surface area contributed by atoms with E-state index in [9.17, 15) is 4.79 Å². The van der Waals surface area contributed by atoms with Crippen LogP contribution in [0.5, 0.6) is 0 Å². The summed E-state index contributed by atoms with van der Waals surface area (Å²) in [5.41, 5.74) is 6.83. The summed E-state index contributed by atoms with van der Waals surface area (Å²) in [5, 5.41) is 0.476. The van der Waals surface area contributed by atoms with E-state index in [0.717, 1.165) is 19.3 Å². The second-order valence-corrected chi connectivity index (χ2v) is 5.03. The van der Waals surface area contributed by atoms with Crippen LogP contribution in [0.1, 0.15) is 36.5 Å². The fraction of sp³-hybridized carbons (Fsp3) is 0.462. The van der Waals surface area contributed by atoms with Crippen molar-refractivity contribution in [2.24, 2.45) is 11.8 Å². The average Bonchev–Trinajstić information content (AvgIpc) is 2.63. The van der Waals surface area contributed by atoms with Crippen molar-refractivity contribution in [1.29, 1.82) is 0 Å². The zero-order chi connectivity index (χ0) is 11.7. The molecule has 0 spiro atoms. The number of halogens is 1. The number of Topliss-reactive ketones (excluding diaryl/α,β-unsaturated/α-hetero) is 1. The lowest BCUT2D eigenvalue weighted by Gasteiger charge is -2.14. The van der Waals surface area contributed by atoms with Crippen LogP contribution in [0.4, 0.5) is 5.69 Å². The van der Waals surface area contributed by atoms with Gasteiger partial charge >= 0.3 is 0 Å². The summed E-state index contributed by atoms with van der Waals surface area (Å²) in [6.07, 6.45) is 3.27. The summed E-state index contributed by atoms with van der Waals surface area (Å²) in [7, 11) is 0. The molecule has 0 amide bonds. The zero-order valence-electron chi connectivity index (χ0n) is 9.37. The molecule has 1 aliphatic rings. The van der Waals surface area contributed by atoms with E-state index in [1.54, 1.807) is 18.2 Å². The van der Waals surface area contributed by atoms with Gasteiger partial charge in [-0.3, -0.25) is 4.79 Å². The van der Waals surface area contributed by atoms with E-state index in [-0.39, 0.29) is 11.7 Å². The van der Waals surface area contributed by atoms with Gasteiger partial charge in [-0.2, -0.15) is 0 Å². The van der Waals surface area contributed by atoms with Crippen LogP contribution in [0.3, 0.4) is 0 Å². The van der Waals surface area contributed by atoms with E-state index >= 15 is 0 Å². The minimum Gasteiger partial charge on any atom is -0.399 e. The molecule has 86 valence electrons. The van der Waals surface area contributed by atoms with Crippen molar-refractivity contribution >= 4 is 23.1 Å². The number of benzene rings is 1. The van der Waals surface area contributed by atoms with Crippen molar-refractivity contribution < 1.29 is 4.79 Å². The smallest absolute Gasteiger partial charge is 0.167 e. The Balaban J connectivity index is 2.27. The molecule has 1 fully saturated rings. The lowest BCUT2D eigenvalue weighted by atomic mass is 9.89. The van der Waals surface area contributed by atoms with Crippen LogP contribution in [0, 0.1) is 11.8 Å². The molecular weight excluding hydrogens is 222 g/mol. The summed E-state index contributed by atoms with van der Waals surface area (Å²) in [6, 6.07) is 5.12. The van der Waals surface area contributed by atoms with Gasteiger partial charge < -0.3 is 5.73 Å². The topological polar surface area (TPSA) is 43.1 Å². The lowest BCUT2D eigenvalue weighted by molar-refractivity contribution is 0.0897. The number of ketones is 1. The quantitative estimate of drug-likeness (QED) is 0.632. The summed E-state index contributed by atoms with van der Waals surface area (Å²) < 4.78 is 0. The fourth-order valence-corrected chi connectivity index (χ4v) is 2.75. The predicted octanol–water partition coefficient (Wildman–Crippen LogP) is 3.54. The highest BCUT2D eigenvalue weighted by Crippen LogP contribution is 2.35. The Labute approximate surface area is 101 Å². The van der Waals surface area contributed by atoms with Crippen molar-refractivity contribution in [2.45, 2.75) is 26.2 Å². The molecule has 2 nitrogen and oxygen atoms in total. The molecule has 0 aromatic heterocycles. The van der Waals surface area contributed by atoms with Gasteiger partial charge in [0.05, 0.1) is 5.02 Å². The molecule has 3 heteroatoms. The third-order valence-corrected chi connectivity index (χ3v) is 3.77. The van der Waals surface area contributed by atoms with Gasteiger partial charge in [-0.1, -0.05) is 24.9 Å². The van der Waals surface area contributed by atoms with Gasteiger partial charge in [-0.15, -0.1) is 0 Å². The molecular formula is C13H16ClNO. The van der Waals surface area contributed by atoms with Gasteiger partial charge in [-0.25, -0.2) is 0 Å². The maximum Gasteiger partial charge on any atom is 0.167 e. The Bertz CT molecular complexity index is 416. The van der Waals surface area contributed by atoms with E-state index in [4.69, 9.17) is 17.3 Å². The van der Waals surface area contributed by atoms with Crippen LogP contribution in [0.2, 0.25) is 5.02 Å². The van der Waals surface area contributed by atoms with Crippen LogP contribution in [-0.4, -0.2) is 5.78 Å². The second-order valence-electron chi connectivity index (χ2n) is 4.62. The maximum absolute atomic E-state index is 12.3. The number of carbonyl (C=O) groups is 1. The molecule has 0 bridgehead atoms. The van der Waals surface area contributed by atoms with Crippen molar-refractivity contribution in [3.05, 3.63) is 28.8 Å². The van der Waals surface area contributed by atoms with Crippen molar-refractivity contribution in [2.75, 3.05) is 5.73 Å². The van der Waals surface area contributed by atoms with E-state index in [2.05, 4.69) is 6.92 Å². The number of rotatable bonds is 2. The molecule has 0 saturated heterocycles. The largest absolute Gasteiger partial charge is 0.399 e. The zero-order valence-corrected chi connectivity index (χ0v) is 10.1. The predicted molar refractivity (Wildman–Crippen MR) is 66.7 cm³/mol. The van der Waals surface area contributed by atoms with E-state index < -0.39 is 0 Å². The second kappa shape index (κ2) is 4.46. The van der Waals surface area contributed by atoms with Gasteiger partial charge in [0.15, 0.2) is 5.78 Å². The number of hydrogen-bond acceptors (Lipinski definition) is 2. The SMILES string of the molecule is CC1CCCC1C(=O)c1ccc(N)cc1Cl. The van der Waals surface area contributed by atoms with Gasteiger partial charge in [0.25, 0.3) is 0 Å². The first-order chi connectivity index (χ1) is 7.59. The van der Waals surface area contributed by atoms with Crippen molar-refractivity contribution in [3.63, 3.8) is 0 Å². The molecule has 2 N–H and O–H groups in total. The highest BCUT2D eigenvalue weighted by atomic mass is 35.5. The first-order valence-corrected chi connectivity index (χ1v) is 6.06. The molecule has 16 heavy (non-hydrogen) atoms. The minimum absolute atomic E-state index is 0.140. The standard InChI is InChI=1S/C13H16ClNO/c1-8-3-2-4-10(8)13(16)11-6-5-9(15)7-12(11)14/h5-8,10H,2-4,15H2,1H3. The van der Waals surface area contributed by atoms with Crippen LogP contribution in [0.15, 0.2) is 18.2 Å². The Kier molecular flexibility index (Phi) is 3.20. The van der Waals surface area contributed by atoms with Crippen molar-refractivity contribution in [3.8, 4) is 0 Å². The highest BCUT2D eigenvalue weighted by molar-refractivity contribution is 6.34. The molecule has 0 aliphatic heterocycles. The summed E-state index contributed by atoms with van der Waals surface area (Å²) >= 11 is 6.05. The number of nitrogen functional groups attached to an aromatic ring is 1. The number of nitrogens with two attached hydrogens (primary N) is 1. The Morgan fingerprint density at radius 1 is 1.44 bits per heavy atom. The molecule has 2 atom stereocenters. The normalized spacial score (nSPS) is 24.6. The minimum atomic E-state index is 0.140. The summed E-state index contributed by atoms with van der Waals surface area (Å²) in [4.78, 5) is 12.3. The molecule has 1 aliphatic carbocycles. The van der Waals surface area contributed by atoms with Crippen LogP contribution >= 0.6 is 11.6 Å². The van der Waals surface area contributed by atoms with E-state index in [1.807, 2.05) is 0 Å². The van der Waals surface area contributed by atoms with E-state index in [0.29, 0.717) is 22.2 Å². The molecule has 1 aromatic carbocycles. The summed E-state index contributed by atoms with van der Waals surface area (Å²) in [5.74, 6) is 0.789. The fourth-order valence-electron chi connectivity index (χ4n) is 2.47. The first-order valence-electron chi connectivity index (χ1n) is 5.69. The number of carbonyl (C=O) groups excluding carboxylic acids is 1. The van der Waals surface area contributed by atoms with Gasteiger partial charge in [0.2, 0.25) is 0 Å². The van der Waals surface area contributed by atoms with Gasteiger partial charge in [0.1, 0.15) is 0 Å². The Morgan fingerprint density at radius 3 is 2.75 bits per heavy atom. The molecule has 0 heterocycles. The number of hydrogen-bond donors (Lipinski definition) is 1. The first kappa shape index (κ1) is 11.5. The molecule has 0 radical (unpaired) electrons. The highest BCUT2D eigenvalue weighted by Gasteiger charge is 2.31. The molecule has 1 aromatic rings. The third-order valence-electron chi connectivity index (χ3n) is 3.46. The van der Waals surface area contributed by atoms with Crippen molar-refractivity contribution in [1.82, 2.24) is 0 Å². The van der Waals surface area contributed by atoms with Gasteiger partial charge in [-0.05, 0) is 37.0 Å². The van der Waals surface area contributed by atoms with Gasteiger partial charge in [0, 0.05) is 17.2 Å². The third kappa shape index (κ3) is 2.07. The Hall–Kier alpha value is -1.02. The Morgan fingerprint density at radius 2 is 2.19 bits per heavy atom. The summed E-state index contributed by atoms with van der Waals surface area (Å²) in [6.45, 7) is 2.14.